The van der Waals surface area contributed by atoms with Crippen LogP contribution in [-0.4, -0.2) is 24.3 Å². The summed E-state index contributed by atoms with van der Waals surface area (Å²) >= 11 is 1.40. The lowest BCUT2D eigenvalue weighted by atomic mass is 10.1. The number of rotatable bonds is 6. The molecule has 25 heavy (non-hydrogen) atoms. The molecule has 2 rings (SSSR count). The third kappa shape index (κ3) is 4.57. The molecule has 0 aliphatic heterocycles. The van der Waals surface area contributed by atoms with Gasteiger partial charge in [0.1, 0.15) is 5.75 Å². The van der Waals surface area contributed by atoms with E-state index in [0.717, 1.165) is 11.1 Å². The molecule has 1 N–H and O–H groups in total. The van der Waals surface area contributed by atoms with Gasteiger partial charge in [-0.25, -0.2) is 0 Å². The van der Waals surface area contributed by atoms with Crippen LogP contribution >= 0.6 is 11.9 Å². The van der Waals surface area contributed by atoms with Crippen molar-refractivity contribution in [1.29, 1.82) is 0 Å². The lowest BCUT2D eigenvalue weighted by Crippen LogP contribution is -2.10. The molecule has 0 aromatic heterocycles. The molecule has 0 saturated carbocycles. The molecule has 0 saturated heterocycles. The number of carbonyl (C=O) groups excluding carboxylic acids is 2. The maximum absolute atomic E-state index is 11.6. The third-order valence-corrected chi connectivity index (χ3v) is 3.54. The van der Waals surface area contributed by atoms with Crippen molar-refractivity contribution >= 4 is 40.3 Å². The van der Waals surface area contributed by atoms with E-state index in [4.69, 9.17) is 14.2 Å². The van der Waals surface area contributed by atoms with Crippen LogP contribution in [0, 0.1) is 0 Å². The number of esters is 2. The van der Waals surface area contributed by atoms with Crippen LogP contribution in [0.4, 0.5) is 5.69 Å². The number of hydrogen-bond acceptors (Lipinski definition) is 7. The second kappa shape index (κ2) is 8.11. The zero-order valence-corrected chi connectivity index (χ0v) is 15.7. The van der Waals surface area contributed by atoms with Gasteiger partial charge in [-0.2, -0.15) is 0 Å². The van der Waals surface area contributed by atoms with Crippen LogP contribution in [0.5, 0.6) is 17.2 Å². The van der Waals surface area contributed by atoms with Crippen molar-refractivity contribution in [2.75, 3.05) is 11.0 Å². The third-order valence-electron chi connectivity index (χ3n) is 3.12. The Morgan fingerprint density at radius 3 is 2.32 bits per heavy atom. The van der Waals surface area contributed by atoms with Gasteiger partial charge < -0.3 is 18.9 Å². The van der Waals surface area contributed by atoms with E-state index in [1.54, 1.807) is 6.07 Å². The minimum atomic E-state index is -0.515. The Kier molecular flexibility index (Phi) is 6.14. The van der Waals surface area contributed by atoms with Crippen molar-refractivity contribution in [3.63, 3.8) is 0 Å². The molecule has 134 valence electrons. The van der Waals surface area contributed by atoms with Crippen LogP contribution in [0.15, 0.2) is 24.3 Å². The predicted molar refractivity (Wildman–Crippen MR) is 99.5 cm³/mol. The van der Waals surface area contributed by atoms with Crippen LogP contribution in [-0.2, 0) is 9.59 Å². The molecule has 0 aliphatic carbocycles. The standard InChI is InChI=1S/C18H21NO5S/c1-10(2)22-15-9-16(23-11(3)20)18(24-12(4)21)17-13(15)7-6-8-14(17)19-25-5/h6-10,19H,1-5H3. The van der Waals surface area contributed by atoms with Gasteiger partial charge >= 0.3 is 11.9 Å². The van der Waals surface area contributed by atoms with Crippen molar-refractivity contribution in [2.24, 2.45) is 0 Å². The Morgan fingerprint density at radius 1 is 1.08 bits per heavy atom. The zero-order chi connectivity index (χ0) is 18.6. The number of nitrogens with one attached hydrogen (secondary N) is 1. The first-order valence-electron chi connectivity index (χ1n) is 7.75. The lowest BCUT2D eigenvalue weighted by Gasteiger charge is -2.19. The van der Waals surface area contributed by atoms with E-state index >= 15 is 0 Å². The summed E-state index contributed by atoms with van der Waals surface area (Å²) in [6, 6.07) is 7.16. The fourth-order valence-corrected chi connectivity index (χ4v) is 2.80. The number of carbonyl (C=O) groups is 2. The van der Waals surface area contributed by atoms with Crippen LogP contribution in [0.1, 0.15) is 27.7 Å². The molecule has 0 unspecified atom stereocenters. The summed E-state index contributed by atoms with van der Waals surface area (Å²) in [5.41, 5.74) is 0.726. The van der Waals surface area contributed by atoms with E-state index in [2.05, 4.69) is 4.72 Å². The highest BCUT2D eigenvalue weighted by Crippen LogP contribution is 2.45. The molecule has 0 aliphatic rings. The molecule has 7 heteroatoms. The van der Waals surface area contributed by atoms with Gasteiger partial charge in [0, 0.05) is 31.6 Å². The minimum Gasteiger partial charge on any atom is -0.490 e. The smallest absolute Gasteiger partial charge is 0.308 e. The average molecular weight is 363 g/mol. The Balaban J connectivity index is 2.84. The Labute approximate surface area is 151 Å². The van der Waals surface area contributed by atoms with Gasteiger partial charge in [0.15, 0.2) is 11.5 Å². The molecular weight excluding hydrogens is 342 g/mol. The maximum atomic E-state index is 11.6. The first-order valence-corrected chi connectivity index (χ1v) is 8.98. The van der Waals surface area contributed by atoms with E-state index in [9.17, 15) is 9.59 Å². The first-order chi connectivity index (χ1) is 11.8. The molecule has 2 aromatic carbocycles. The van der Waals surface area contributed by atoms with E-state index < -0.39 is 11.9 Å². The normalized spacial score (nSPS) is 10.6. The summed E-state index contributed by atoms with van der Waals surface area (Å²) in [7, 11) is 0. The van der Waals surface area contributed by atoms with E-state index in [0.29, 0.717) is 11.1 Å². The summed E-state index contributed by atoms with van der Waals surface area (Å²) in [4.78, 5) is 23.1. The van der Waals surface area contributed by atoms with Crippen molar-refractivity contribution < 1.29 is 23.8 Å². The van der Waals surface area contributed by atoms with E-state index in [1.165, 1.54) is 25.8 Å². The van der Waals surface area contributed by atoms with Gasteiger partial charge in [0.25, 0.3) is 0 Å². The molecule has 0 fully saturated rings. The number of anilines is 1. The fourth-order valence-electron chi connectivity index (χ4n) is 2.41. The summed E-state index contributed by atoms with van der Waals surface area (Å²) in [5, 5.41) is 1.36. The van der Waals surface area contributed by atoms with Crippen molar-refractivity contribution in [3.05, 3.63) is 24.3 Å². The predicted octanol–water partition coefficient (Wildman–Crippen LogP) is 4.17. The molecule has 0 spiro atoms. The van der Waals surface area contributed by atoms with Crippen LogP contribution in [0.25, 0.3) is 10.8 Å². The number of ether oxygens (including phenoxy) is 3. The molecule has 0 heterocycles. The first kappa shape index (κ1) is 18.9. The number of benzene rings is 2. The van der Waals surface area contributed by atoms with Gasteiger partial charge in [0.05, 0.1) is 17.2 Å². The van der Waals surface area contributed by atoms with Crippen LogP contribution in [0.2, 0.25) is 0 Å². The fraction of sp³-hybridized carbons (Fsp3) is 0.333. The monoisotopic (exact) mass is 363 g/mol. The zero-order valence-electron chi connectivity index (χ0n) is 14.8. The SMILES string of the molecule is CSNc1cccc2c(OC(C)C)cc(OC(C)=O)c(OC(C)=O)c12. The largest absolute Gasteiger partial charge is 0.490 e. The van der Waals surface area contributed by atoms with Gasteiger partial charge in [-0.05, 0) is 19.9 Å². The Morgan fingerprint density at radius 2 is 1.76 bits per heavy atom. The van der Waals surface area contributed by atoms with E-state index in [1.807, 2.05) is 38.3 Å². The molecule has 6 nitrogen and oxygen atoms in total. The molecule has 0 atom stereocenters. The molecular formula is C18H21NO5S. The molecule has 0 radical (unpaired) electrons. The van der Waals surface area contributed by atoms with Gasteiger partial charge in [0.2, 0.25) is 0 Å². The minimum absolute atomic E-state index is 0.0786. The Hall–Kier alpha value is -2.41. The molecule has 0 bridgehead atoms. The highest BCUT2D eigenvalue weighted by atomic mass is 32.2. The topological polar surface area (TPSA) is 73.9 Å². The lowest BCUT2D eigenvalue weighted by molar-refractivity contribution is -0.134. The highest BCUT2D eigenvalue weighted by molar-refractivity contribution is 7.99. The van der Waals surface area contributed by atoms with Crippen molar-refractivity contribution in [1.82, 2.24) is 0 Å². The quantitative estimate of drug-likeness (QED) is 0.469. The number of hydrogen-bond donors (Lipinski definition) is 1. The summed E-state index contributed by atoms with van der Waals surface area (Å²) < 4.78 is 19.7. The maximum Gasteiger partial charge on any atom is 0.308 e. The summed E-state index contributed by atoms with van der Waals surface area (Å²) in [6.45, 7) is 6.39. The van der Waals surface area contributed by atoms with Crippen molar-refractivity contribution in [2.45, 2.75) is 33.8 Å². The molecule has 0 amide bonds. The van der Waals surface area contributed by atoms with E-state index in [-0.39, 0.29) is 17.6 Å². The summed E-state index contributed by atoms with van der Waals surface area (Å²) in [6.07, 6.45) is 1.80. The average Bonchev–Trinajstić information content (AvgIpc) is 2.50. The highest BCUT2D eigenvalue weighted by Gasteiger charge is 2.21. The Bertz CT molecular complexity index is 804. The van der Waals surface area contributed by atoms with Crippen LogP contribution < -0.4 is 18.9 Å². The number of fused-ring (bicyclic) bond motifs is 1. The van der Waals surface area contributed by atoms with Gasteiger partial charge in [-0.1, -0.05) is 24.1 Å². The summed E-state index contributed by atoms with van der Waals surface area (Å²) in [5.74, 6) is -0.154. The van der Waals surface area contributed by atoms with Gasteiger partial charge in [-0.3, -0.25) is 9.59 Å². The molecule has 2 aromatic rings. The second-order valence-electron chi connectivity index (χ2n) is 5.59. The van der Waals surface area contributed by atoms with Gasteiger partial charge in [-0.15, -0.1) is 0 Å². The van der Waals surface area contributed by atoms with Crippen molar-refractivity contribution in [3.8, 4) is 17.2 Å². The second-order valence-corrected chi connectivity index (χ2v) is 6.20. The van der Waals surface area contributed by atoms with Crippen LogP contribution in [0.3, 0.4) is 0 Å².